The van der Waals surface area contributed by atoms with E-state index >= 15 is 0 Å². The van der Waals surface area contributed by atoms with Gasteiger partial charge in [0.2, 0.25) is 0 Å². The third-order valence-electron chi connectivity index (χ3n) is 4.90. The van der Waals surface area contributed by atoms with Crippen molar-refractivity contribution in [3.63, 3.8) is 0 Å². The zero-order chi connectivity index (χ0) is 15.7. The van der Waals surface area contributed by atoms with E-state index in [-0.39, 0.29) is 0 Å². The van der Waals surface area contributed by atoms with Crippen LogP contribution in [0.2, 0.25) is 0 Å². The van der Waals surface area contributed by atoms with Gasteiger partial charge in [0.1, 0.15) is 5.75 Å². The molecule has 4 heteroatoms. The third kappa shape index (κ3) is 2.91. The van der Waals surface area contributed by atoms with Gasteiger partial charge in [0.05, 0.1) is 11.2 Å². The lowest BCUT2D eigenvalue weighted by Crippen LogP contribution is -2.30. The minimum Gasteiger partial charge on any atom is -0.497 e. The van der Waals surface area contributed by atoms with E-state index in [1.54, 1.807) is 12.7 Å². The molecule has 2 fully saturated rings. The number of hydrogen-bond donors (Lipinski definition) is 1. The molecule has 2 aromatic rings. The van der Waals surface area contributed by atoms with Crippen LogP contribution in [-0.2, 0) is 0 Å². The number of aromatic amines is 1. The fraction of sp³-hybridized carbons (Fsp3) is 0.474. The quantitative estimate of drug-likeness (QED) is 0.755. The van der Waals surface area contributed by atoms with Crippen LogP contribution in [-0.4, -0.2) is 27.7 Å². The molecule has 0 amide bonds. The lowest BCUT2D eigenvalue weighted by molar-refractivity contribution is 0.415. The molecule has 2 nitrogen and oxygen atoms in total. The molecule has 0 atom stereocenters. The molecule has 122 valence electrons. The van der Waals surface area contributed by atoms with E-state index in [0.717, 1.165) is 5.75 Å². The molecule has 1 aliphatic heterocycles. The Morgan fingerprint density at radius 2 is 2.04 bits per heavy atom. The molecule has 23 heavy (non-hydrogen) atoms. The van der Waals surface area contributed by atoms with Crippen molar-refractivity contribution in [3.05, 3.63) is 35.5 Å². The van der Waals surface area contributed by atoms with Crippen LogP contribution in [0.3, 0.4) is 0 Å². The van der Waals surface area contributed by atoms with E-state index in [2.05, 4.69) is 52.9 Å². The van der Waals surface area contributed by atoms with Crippen LogP contribution in [0.15, 0.2) is 30.0 Å². The molecule has 1 saturated carbocycles. The lowest BCUT2D eigenvalue weighted by atomic mass is 9.92. The van der Waals surface area contributed by atoms with Crippen LogP contribution in [0.25, 0.3) is 17.0 Å². The first kappa shape index (κ1) is 15.5. The summed E-state index contributed by atoms with van der Waals surface area (Å²) in [6.07, 6.45) is 11.3. The minimum absolute atomic E-state index is 0.346. The van der Waals surface area contributed by atoms with Gasteiger partial charge < -0.3 is 9.72 Å². The fourth-order valence-electron chi connectivity index (χ4n) is 3.67. The number of aromatic nitrogens is 1. The fourth-order valence-corrected chi connectivity index (χ4v) is 7.19. The Bertz CT molecular complexity index is 720. The summed E-state index contributed by atoms with van der Waals surface area (Å²) in [5, 5.41) is 1.27. The Morgan fingerprint density at radius 3 is 2.87 bits per heavy atom. The van der Waals surface area contributed by atoms with Crippen molar-refractivity contribution in [3.8, 4) is 5.75 Å². The van der Waals surface area contributed by atoms with Crippen LogP contribution in [0, 0.1) is 0 Å². The minimum atomic E-state index is 0.346. The maximum absolute atomic E-state index is 5.40. The highest BCUT2D eigenvalue weighted by molar-refractivity contribution is 8.19. The first-order valence-electron chi connectivity index (χ1n) is 8.45. The summed E-state index contributed by atoms with van der Waals surface area (Å²) < 4.78 is 5.75. The molecule has 1 saturated heterocycles. The molecule has 2 aliphatic rings. The third-order valence-corrected chi connectivity index (χ3v) is 8.46. The number of ether oxygens (including phenoxy) is 1. The van der Waals surface area contributed by atoms with Crippen molar-refractivity contribution in [2.75, 3.05) is 18.6 Å². The van der Waals surface area contributed by atoms with Crippen molar-refractivity contribution >= 4 is 40.5 Å². The van der Waals surface area contributed by atoms with Crippen molar-refractivity contribution in [1.29, 1.82) is 0 Å². The van der Waals surface area contributed by atoms with Crippen LogP contribution in [0.1, 0.15) is 37.7 Å². The Morgan fingerprint density at radius 1 is 1.17 bits per heavy atom. The standard InChI is InChI=1S/C19H23NOS2/c1-21-16-6-7-18-17(12-16)14(13-20-18)11-15-5-2-3-8-19(15)22-9-4-10-23-19/h6-7,11-13,20H,2-5,8-10H2,1H3/b15-11+. The number of hydrogen-bond acceptors (Lipinski definition) is 3. The summed E-state index contributed by atoms with van der Waals surface area (Å²) in [6.45, 7) is 0. The summed E-state index contributed by atoms with van der Waals surface area (Å²) in [7, 11) is 1.73. The Kier molecular flexibility index (Phi) is 4.37. The maximum Gasteiger partial charge on any atom is 0.119 e. The van der Waals surface area contributed by atoms with Crippen LogP contribution >= 0.6 is 23.5 Å². The normalized spacial score (nSPS) is 22.7. The largest absolute Gasteiger partial charge is 0.497 e. The topological polar surface area (TPSA) is 25.0 Å². The molecular formula is C19H23NOS2. The van der Waals surface area contributed by atoms with Crippen LogP contribution in [0.4, 0.5) is 0 Å². The highest BCUT2D eigenvalue weighted by Gasteiger charge is 2.38. The first-order valence-corrected chi connectivity index (χ1v) is 10.4. The first-order chi connectivity index (χ1) is 11.3. The van der Waals surface area contributed by atoms with E-state index in [1.165, 1.54) is 60.1 Å². The molecule has 0 unspecified atom stereocenters. The smallest absolute Gasteiger partial charge is 0.119 e. The summed E-state index contributed by atoms with van der Waals surface area (Å²) in [6, 6.07) is 6.27. The van der Waals surface area contributed by atoms with Gasteiger partial charge in [-0.15, -0.1) is 23.5 Å². The number of nitrogens with one attached hydrogen (secondary N) is 1. The zero-order valence-electron chi connectivity index (χ0n) is 13.6. The lowest BCUT2D eigenvalue weighted by Gasteiger charge is -2.41. The predicted octanol–water partition coefficient (Wildman–Crippen LogP) is 5.70. The van der Waals surface area contributed by atoms with Gasteiger partial charge in [-0.05, 0) is 66.5 Å². The van der Waals surface area contributed by atoms with E-state index in [0.29, 0.717) is 4.08 Å². The van der Waals surface area contributed by atoms with Crippen molar-refractivity contribution in [2.45, 2.75) is 36.2 Å². The molecule has 4 rings (SSSR count). The molecule has 0 bridgehead atoms. The van der Waals surface area contributed by atoms with Crippen LogP contribution in [0.5, 0.6) is 5.75 Å². The number of methoxy groups -OCH3 is 1. The number of H-pyrrole nitrogens is 1. The zero-order valence-corrected chi connectivity index (χ0v) is 15.2. The van der Waals surface area contributed by atoms with Crippen molar-refractivity contribution < 1.29 is 4.74 Å². The molecule has 1 aromatic carbocycles. The molecule has 1 aromatic heterocycles. The highest BCUT2D eigenvalue weighted by atomic mass is 32.2. The van der Waals surface area contributed by atoms with E-state index in [4.69, 9.17) is 4.74 Å². The average Bonchev–Trinajstić information content (AvgIpc) is 3.00. The second-order valence-electron chi connectivity index (χ2n) is 6.34. The second kappa shape index (κ2) is 6.48. The maximum atomic E-state index is 5.40. The van der Waals surface area contributed by atoms with E-state index < -0.39 is 0 Å². The van der Waals surface area contributed by atoms with Gasteiger partial charge in [-0.3, -0.25) is 0 Å². The summed E-state index contributed by atoms with van der Waals surface area (Å²) in [4.78, 5) is 3.41. The molecule has 2 heterocycles. The van der Waals surface area contributed by atoms with E-state index in [1.807, 2.05) is 6.07 Å². The average molecular weight is 346 g/mol. The Balaban J connectivity index is 1.75. The van der Waals surface area contributed by atoms with Gasteiger partial charge in [0, 0.05) is 17.1 Å². The van der Waals surface area contributed by atoms with Crippen LogP contribution < -0.4 is 4.74 Å². The molecule has 0 radical (unpaired) electrons. The monoisotopic (exact) mass is 345 g/mol. The summed E-state index contributed by atoms with van der Waals surface area (Å²) >= 11 is 4.38. The number of rotatable bonds is 2. The number of thioether (sulfide) groups is 2. The van der Waals surface area contributed by atoms with Gasteiger partial charge in [0.25, 0.3) is 0 Å². The molecule has 1 N–H and O–H groups in total. The van der Waals surface area contributed by atoms with Crippen molar-refractivity contribution in [2.24, 2.45) is 0 Å². The van der Waals surface area contributed by atoms with Gasteiger partial charge in [-0.2, -0.15) is 0 Å². The number of benzene rings is 1. The van der Waals surface area contributed by atoms with Gasteiger partial charge in [-0.25, -0.2) is 0 Å². The van der Waals surface area contributed by atoms with Crippen molar-refractivity contribution in [1.82, 2.24) is 4.98 Å². The molecular weight excluding hydrogens is 322 g/mol. The SMILES string of the molecule is COc1ccc2[nH]cc(/C=C3\CCCCC34SCCCS4)c2c1. The second-order valence-corrected chi connectivity index (χ2v) is 9.38. The highest BCUT2D eigenvalue weighted by Crippen LogP contribution is 2.54. The summed E-state index contributed by atoms with van der Waals surface area (Å²) in [5.74, 6) is 3.55. The molecule has 1 aliphatic carbocycles. The Hall–Kier alpha value is -1.000. The number of fused-ring (bicyclic) bond motifs is 1. The van der Waals surface area contributed by atoms with Gasteiger partial charge >= 0.3 is 0 Å². The van der Waals surface area contributed by atoms with Gasteiger partial charge in [0.15, 0.2) is 0 Å². The predicted molar refractivity (Wildman–Crippen MR) is 104 cm³/mol. The van der Waals surface area contributed by atoms with E-state index in [9.17, 15) is 0 Å². The summed E-state index contributed by atoms with van der Waals surface area (Å²) in [5.41, 5.74) is 4.13. The Labute approximate surface area is 146 Å². The molecule has 1 spiro atoms. The van der Waals surface area contributed by atoms with Gasteiger partial charge in [-0.1, -0.05) is 12.5 Å².